The monoisotopic (exact) mass is 307 g/mol. The summed E-state index contributed by atoms with van der Waals surface area (Å²) in [6.45, 7) is 0.154. The van der Waals surface area contributed by atoms with Gasteiger partial charge < -0.3 is 20.7 Å². The second-order valence-electron chi connectivity index (χ2n) is 5.08. The molecule has 0 heterocycles. The molecule has 1 atom stereocenters. The number of amides is 2. The van der Waals surface area contributed by atoms with Crippen molar-refractivity contribution in [3.63, 3.8) is 0 Å². The van der Waals surface area contributed by atoms with Crippen LogP contribution < -0.4 is 11.1 Å². The molecule has 1 saturated carbocycles. The van der Waals surface area contributed by atoms with E-state index in [-0.39, 0.29) is 37.4 Å². The number of nitrogens with one attached hydrogen (secondary N) is 1. The molecule has 0 radical (unpaired) electrons. The molecule has 1 fully saturated rings. The normalized spacial score (nSPS) is 16.9. The predicted molar refractivity (Wildman–Crippen MR) is 79.8 cm³/mol. The van der Waals surface area contributed by atoms with Gasteiger partial charge in [-0.2, -0.15) is 0 Å². The quantitative estimate of drug-likeness (QED) is 0.738. The topological polar surface area (TPSA) is 84.7 Å². The molecule has 7 heteroatoms. The fourth-order valence-corrected chi connectivity index (χ4v) is 2.35. The lowest BCUT2D eigenvalue weighted by Gasteiger charge is -2.31. The number of hydrogen-bond acceptors (Lipinski definition) is 4. The zero-order chi connectivity index (χ0) is 14.3. The molecule has 0 bridgehead atoms. The summed E-state index contributed by atoms with van der Waals surface area (Å²) < 4.78 is 4.79. The van der Waals surface area contributed by atoms with Gasteiger partial charge in [-0.1, -0.05) is 19.3 Å². The molecule has 3 N–H and O–H groups in total. The van der Waals surface area contributed by atoms with E-state index in [9.17, 15) is 9.59 Å². The minimum Gasteiger partial charge on any atom is -0.383 e. The van der Waals surface area contributed by atoms with Crippen LogP contribution in [0.4, 0.5) is 0 Å². The number of rotatable bonds is 6. The number of carbonyl (C=O) groups excluding carboxylic acids is 2. The van der Waals surface area contributed by atoms with E-state index in [1.54, 1.807) is 11.9 Å². The highest BCUT2D eigenvalue weighted by molar-refractivity contribution is 5.87. The third-order valence-corrected chi connectivity index (χ3v) is 3.61. The Labute approximate surface area is 126 Å². The molecule has 1 rings (SSSR count). The van der Waals surface area contributed by atoms with Crippen molar-refractivity contribution >= 4 is 24.2 Å². The summed E-state index contributed by atoms with van der Waals surface area (Å²) in [5.41, 5.74) is 5.57. The number of nitrogens with two attached hydrogens (primary N) is 1. The fourth-order valence-electron chi connectivity index (χ4n) is 2.35. The minimum atomic E-state index is -0.724. The van der Waals surface area contributed by atoms with Crippen LogP contribution in [0.1, 0.15) is 32.1 Å². The van der Waals surface area contributed by atoms with E-state index in [2.05, 4.69) is 5.32 Å². The molecule has 118 valence electrons. The molecule has 2 amide bonds. The van der Waals surface area contributed by atoms with Crippen molar-refractivity contribution in [3.05, 3.63) is 0 Å². The van der Waals surface area contributed by atoms with Crippen molar-refractivity contribution in [1.82, 2.24) is 10.2 Å². The lowest BCUT2D eigenvalue weighted by Crippen LogP contribution is -2.48. The van der Waals surface area contributed by atoms with Gasteiger partial charge in [0.25, 0.3) is 0 Å². The van der Waals surface area contributed by atoms with Gasteiger partial charge in [0.05, 0.1) is 13.2 Å². The van der Waals surface area contributed by atoms with Gasteiger partial charge >= 0.3 is 0 Å². The molecular weight excluding hydrogens is 282 g/mol. The van der Waals surface area contributed by atoms with Gasteiger partial charge in [0.15, 0.2) is 0 Å². The summed E-state index contributed by atoms with van der Waals surface area (Å²) in [5, 5.41) is 2.55. The van der Waals surface area contributed by atoms with Gasteiger partial charge in [0.2, 0.25) is 11.8 Å². The molecule has 20 heavy (non-hydrogen) atoms. The number of nitrogens with zero attached hydrogens (tertiary/aromatic N) is 1. The van der Waals surface area contributed by atoms with E-state index in [0.717, 1.165) is 12.8 Å². The first-order chi connectivity index (χ1) is 9.06. The highest BCUT2D eigenvalue weighted by Crippen LogP contribution is 2.21. The highest BCUT2D eigenvalue weighted by atomic mass is 35.5. The van der Waals surface area contributed by atoms with Crippen molar-refractivity contribution in [2.24, 2.45) is 5.73 Å². The van der Waals surface area contributed by atoms with Crippen LogP contribution in [0.2, 0.25) is 0 Å². The van der Waals surface area contributed by atoms with Crippen molar-refractivity contribution in [3.8, 4) is 0 Å². The van der Waals surface area contributed by atoms with Gasteiger partial charge in [-0.15, -0.1) is 12.4 Å². The summed E-state index contributed by atoms with van der Waals surface area (Å²) in [7, 11) is 3.29. The van der Waals surface area contributed by atoms with Crippen LogP contribution in [-0.4, -0.2) is 56.1 Å². The molecule has 1 aliphatic rings. The Hall–Kier alpha value is -0.850. The van der Waals surface area contributed by atoms with E-state index in [1.807, 2.05) is 0 Å². The highest BCUT2D eigenvalue weighted by Gasteiger charge is 2.22. The zero-order valence-electron chi connectivity index (χ0n) is 12.3. The zero-order valence-corrected chi connectivity index (χ0v) is 13.1. The first-order valence-electron chi connectivity index (χ1n) is 6.84. The summed E-state index contributed by atoms with van der Waals surface area (Å²) in [5.74, 6) is -0.419. The Bertz CT molecular complexity index is 309. The second-order valence-corrected chi connectivity index (χ2v) is 5.08. The van der Waals surface area contributed by atoms with E-state index >= 15 is 0 Å². The molecule has 0 spiro atoms. The SMILES string of the molecule is COCC(N)C(=O)NCC(=O)N(C)C1CCCCC1.Cl. The average molecular weight is 308 g/mol. The van der Waals surface area contributed by atoms with Crippen LogP contribution in [0.25, 0.3) is 0 Å². The number of halogens is 1. The Kier molecular flexibility index (Phi) is 9.54. The Morgan fingerprint density at radius 3 is 2.50 bits per heavy atom. The molecule has 0 aliphatic heterocycles. The first-order valence-corrected chi connectivity index (χ1v) is 6.84. The number of carbonyl (C=O) groups is 2. The number of likely N-dealkylation sites (N-methyl/N-ethyl adjacent to an activating group) is 1. The third kappa shape index (κ3) is 6.07. The number of ether oxygens (including phenoxy) is 1. The summed E-state index contributed by atoms with van der Waals surface area (Å²) in [6, 6.07) is -0.413. The van der Waals surface area contributed by atoms with Crippen LogP contribution in [-0.2, 0) is 14.3 Å². The minimum absolute atomic E-state index is 0. The maximum absolute atomic E-state index is 12.0. The fraction of sp³-hybridized carbons (Fsp3) is 0.846. The number of methoxy groups -OCH3 is 1. The standard InChI is InChI=1S/C13H25N3O3.ClH/c1-16(10-6-4-3-5-7-10)12(17)8-15-13(18)11(14)9-19-2;/h10-11H,3-9,14H2,1-2H3,(H,15,18);1H. The molecule has 6 nitrogen and oxygen atoms in total. The van der Waals surface area contributed by atoms with E-state index in [4.69, 9.17) is 10.5 Å². The van der Waals surface area contributed by atoms with E-state index in [1.165, 1.54) is 26.4 Å². The maximum atomic E-state index is 12.0. The average Bonchev–Trinajstić information content (AvgIpc) is 2.44. The molecule has 0 saturated heterocycles. The lowest BCUT2D eigenvalue weighted by atomic mass is 9.94. The van der Waals surface area contributed by atoms with Crippen LogP contribution in [0.15, 0.2) is 0 Å². The lowest BCUT2D eigenvalue weighted by molar-refractivity contribution is -0.134. The van der Waals surface area contributed by atoms with Crippen molar-refractivity contribution in [2.45, 2.75) is 44.2 Å². The Morgan fingerprint density at radius 1 is 1.35 bits per heavy atom. The summed E-state index contributed by atoms with van der Waals surface area (Å²) in [4.78, 5) is 25.3. The molecular formula is C13H26ClN3O3. The number of hydrogen-bond donors (Lipinski definition) is 2. The molecule has 0 aromatic heterocycles. The molecule has 1 unspecified atom stereocenters. The van der Waals surface area contributed by atoms with E-state index < -0.39 is 6.04 Å². The van der Waals surface area contributed by atoms with Gasteiger partial charge in [-0.3, -0.25) is 9.59 Å². The van der Waals surface area contributed by atoms with Crippen LogP contribution in [0.5, 0.6) is 0 Å². The largest absolute Gasteiger partial charge is 0.383 e. The Balaban J connectivity index is 0.00000361. The second kappa shape index (κ2) is 9.96. The van der Waals surface area contributed by atoms with Crippen LogP contribution in [0.3, 0.4) is 0 Å². The van der Waals surface area contributed by atoms with Crippen molar-refractivity contribution in [1.29, 1.82) is 0 Å². The van der Waals surface area contributed by atoms with Crippen LogP contribution >= 0.6 is 12.4 Å². The summed E-state index contributed by atoms with van der Waals surface area (Å²) >= 11 is 0. The van der Waals surface area contributed by atoms with Crippen LogP contribution in [0, 0.1) is 0 Å². The van der Waals surface area contributed by atoms with E-state index in [0.29, 0.717) is 6.04 Å². The first kappa shape index (κ1) is 19.1. The maximum Gasteiger partial charge on any atom is 0.241 e. The van der Waals surface area contributed by atoms with Gasteiger partial charge in [-0.05, 0) is 12.8 Å². The van der Waals surface area contributed by atoms with Gasteiger partial charge in [-0.25, -0.2) is 0 Å². The predicted octanol–water partition coefficient (Wildman–Crippen LogP) is 0.289. The summed E-state index contributed by atoms with van der Waals surface area (Å²) in [6.07, 6.45) is 5.71. The van der Waals surface area contributed by atoms with Crippen molar-refractivity contribution in [2.75, 3.05) is 27.3 Å². The smallest absolute Gasteiger partial charge is 0.241 e. The van der Waals surface area contributed by atoms with Gasteiger partial charge in [0.1, 0.15) is 6.04 Å². The Morgan fingerprint density at radius 2 is 1.95 bits per heavy atom. The third-order valence-electron chi connectivity index (χ3n) is 3.61. The molecule has 0 aromatic rings. The molecule has 1 aliphatic carbocycles. The molecule has 0 aromatic carbocycles. The van der Waals surface area contributed by atoms with Gasteiger partial charge in [0, 0.05) is 20.2 Å². The van der Waals surface area contributed by atoms with Crippen molar-refractivity contribution < 1.29 is 14.3 Å².